The molecule has 146 valence electrons. The molecular formula is C22H26N4O2. The standard InChI is InChI=1S/C22H26N4O2/c1-15-5-6-18-17(14-26(2)20(18)12-15)7-10-24-22(27)25-19-8-11-28-21(19)16-4-3-9-23-13-16/h3-6,9,12-14,19,21H,7-8,10-11H2,1-2H3,(H2,24,25,27)/t19-,21+/m1/s1. The number of rotatable bonds is 5. The number of aryl methyl sites for hydroxylation is 2. The second-order valence-corrected chi connectivity index (χ2v) is 7.41. The zero-order valence-corrected chi connectivity index (χ0v) is 16.3. The predicted molar refractivity (Wildman–Crippen MR) is 109 cm³/mol. The molecule has 0 saturated carbocycles. The van der Waals surface area contributed by atoms with Crippen molar-refractivity contribution in [3.63, 3.8) is 0 Å². The normalized spacial score (nSPS) is 19.1. The van der Waals surface area contributed by atoms with E-state index < -0.39 is 0 Å². The number of nitrogens with one attached hydrogen (secondary N) is 2. The Morgan fingerprint density at radius 1 is 1.36 bits per heavy atom. The molecule has 2 atom stereocenters. The summed E-state index contributed by atoms with van der Waals surface area (Å²) in [6, 6.07) is 10.2. The number of aromatic nitrogens is 2. The van der Waals surface area contributed by atoms with Crippen molar-refractivity contribution in [1.29, 1.82) is 0 Å². The molecule has 0 unspecified atom stereocenters. The molecule has 2 aromatic heterocycles. The molecule has 2 amide bonds. The van der Waals surface area contributed by atoms with E-state index in [9.17, 15) is 4.79 Å². The van der Waals surface area contributed by atoms with Crippen LogP contribution in [0.1, 0.15) is 29.2 Å². The molecule has 4 rings (SSSR count). The van der Waals surface area contributed by atoms with E-state index in [1.165, 1.54) is 22.0 Å². The third-order valence-corrected chi connectivity index (χ3v) is 5.33. The lowest BCUT2D eigenvalue weighted by Crippen LogP contribution is -2.43. The summed E-state index contributed by atoms with van der Waals surface area (Å²) in [7, 11) is 2.06. The van der Waals surface area contributed by atoms with Crippen molar-refractivity contribution in [2.45, 2.75) is 31.9 Å². The van der Waals surface area contributed by atoms with Gasteiger partial charge < -0.3 is 19.9 Å². The Labute approximate surface area is 164 Å². The number of hydrogen-bond donors (Lipinski definition) is 2. The molecule has 6 heteroatoms. The molecule has 6 nitrogen and oxygen atoms in total. The Morgan fingerprint density at radius 2 is 2.25 bits per heavy atom. The van der Waals surface area contributed by atoms with E-state index in [0.29, 0.717) is 13.2 Å². The van der Waals surface area contributed by atoms with Crippen LogP contribution >= 0.6 is 0 Å². The molecule has 0 aliphatic carbocycles. The van der Waals surface area contributed by atoms with Gasteiger partial charge in [0, 0.05) is 55.3 Å². The molecule has 1 saturated heterocycles. The molecule has 2 N–H and O–H groups in total. The van der Waals surface area contributed by atoms with Gasteiger partial charge in [-0.15, -0.1) is 0 Å². The van der Waals surface area contributed by atoms with Gasteiger partial charge in [-0.25, -0.2) is 4.79 Å². The number of fused-ring (bicyclic) bond motifs is 1. The summed E-state index contributed by atoms with van der Waals surface area (Å²) < 4.78 is 7.95. The summed E-state index contributed by atoms with van der Waals surface area (Å²) in [5, 5.41) is 7.29. The molecular weight excluding hydrogens is 352 g/mol. The first-order valence-corrected chi connectivity index (χ1v) is 9.72. The number of carbonyl (C=O) groups is 1. The topological polar surface area (TPSA) is 68.2 Å². The quantitative estimate of drug-likeness (QED) is 0.716. The van der Waals surface area contributed by atoms with Crippen molar-refractivity contribution in [2.24, 2.45) is 7.05 Å². The van der Waals surface area contributed by atoms with Crippen LogP contribution in [-0.4, -0.2) is 34.8 Å². The molecule has 1 fully saturated rings. The number of benzene rings is 1. The van der Waals surface area contributed by atoms with Crippen LogP contribution < -0.4 is 10.6 Å². The molecule has 3 heterocycles. The fourth-order valence-corrected chi connectivity index (χ4v) is 3.92. The second-order valence-electron chi connectivity index (χ2n) is 7.41. The number of amides is 2. The van der Waals surface area contributed by atoms with Crippen molar-refractivity contribution < 1.29 is 9.53 Å². The molecule has 1 aromatic carbocycles. The minimum absolute atomic E-state index is 0.0373. The van der Waals surface area contributed by atoms with E-state index in [1.54, 1.807) is 12.4 Å². The predicted octanol–water partition coefficient (Wildman–Crippen LogP) is 3.25. The smallest absolute Gasteiger partial charge is 0.315 e. The third-order valence-electron chi connectivity index (χ3n) is 5.33. The average Bonchev–Trinajstić information content (AvgIpc) is 3.27. The van der Waals surface area contributed by atoms with E-state index in [4.69, 9.17) is 4.74 Å². The van der Waals surface area contributed by atoms with E-state index in [0.717, 1.165) is 18.4 Å². The molecule has 0 radical (unpaired) electrons. The zero-order chi connectivity index (χ0) is 19.5. The van der Waals surface area contributed by atoms with Crippen LogP contribution in [0.25, 0.3) is 10.9 Å². The van der Waals surface area contributed by atoms with Crippen LogP contribution in [0.3, 0.4) is 0 Å². The van der Waals surface area contributed by atoms with Gasteiger partial charge in [-0.3, -0.25) is 4.98 Å². The summed E-state index contributed by atoms with van der Waals surface area (Å²) >= 11 is 0. The molecule has 1 aliphatic rings. The van der Waals surface area contributed by atoms with Crippen LogP contribution in [0.4, 0.5) is 4.79 Å². The maximum Gasteiger partial charge on any atom is 0.315 e. The molecule has 3 aromatic rings. The van der Waals surface area contributed by atoms with Crippen LogP contribution in [0.5, 0.6) is 0 Å². The van der Waals surface area contributed by atoms with Gasteiger partial charge in [-0.05, 0) is 43.0 Å². The highest BCUT2D eigenvalue weighted by atomic mass is 16.5. The fraction of sp³-hybridized carbons (Fsp3) is 0.364. The first kappa shape index (κ1) is 18.5. The van der Waals surface area contributed by atoms with Crippen molar-refractivity contribution in [1.82, 2.24) is 20.2 Å². The Hall–Kier alpha value is -2.86. The number of ether oxygens (including phenoxy) is 1. The highest BCUT2D eigenvalue weighted by Crippen LogP contribution is 2.28. The van der Waals surface area contributed by atoms with Gasteiger partial charge in [0.25, 0.3) is 0 Å². The zero-order valence-electron chi connectivity index (χ0n) is 16.3. The molecule has 28 heavy (non-hydrogen) atoms. The molecule has 0 spiro atoms. The molecule has 1 aliphatic heterocycles. The van der Waals surface area contributed by atoms with Crippen LogP contribution in [0.2, 0.25) is 0 Å². The minimum atomic E-state index is -0.152. The largest absolute Gasteiger partial charge is 0.371 e. The van der Waals surface area contributed by atoms with E-state index >= 15 is 0 Å². The Morgan fingerprint density at radius 3 is 3.07 bits per heavy atom. The summed E-state index contributed by atoms with van der Waals surface area (Å²) in [6.07, 6.45) is 7.14. The van der Waals surface area contributed by atoms with Gasteiger partial charge in [-0.2, -0.15) is 0 Å². The Kier molecular flexibility index (Phi) is 5.30. The first-order chi connectivity index (χ1) is 13.6. The summed E-state index contributed by atoms with van der Waals surface area (Å²) in [5.41, 5.74) is 4.72. The SMILES string of the molecule is Cc1ccc2c(CCNC(=O)N[C@@H]3CCO[C@H]3c3cccnc3)cn(C)c2c1. The summed E-state index contributed by atoms with van der Waals surface area (Å²) in [5.74, 6) is 0. The lowest BCUT2D eigenvalue weighted by molar-refractivity contribution is 0.0997. The number of pyridine rings is 1. The second kappa shape index (κ2) is 8.02. The highest BCUT2D eigenvalue weighted by Gasteiger charge is 2.30. The van der Waals surface area contributed by atoms with Gasteiger partial charge in [0.1, 0.15) is 6.10 Å². The monoisotopic (exact) mass is 378 g/mol. The van der Waals surface area contributed by atoms with Crippen molar-refractivity contribution in [3.05, 3.63) is 65.6 Å². The number of hydrogen-bond acceptors (Lipinski definition) is 3. The van der Waals surface area contributed by atoms with E-state index in [2.05, 4.69) is 58.6 Å². The number of urea groups is 1. The average molecular weight is 378 g/mol. The van der Waals surface area contributed by atoms with Gasteiger partial charge in [0.15, 0.2) is 0 Å². The van der Waals surface area contributed by atoms with Crippen LogP contribution in [0.15, 0.2) is 48.9 Å². The van der Waals surface area contributed by atoms with Crippen LogP contribution in [0, 0.1) is 6.92 Å². The lowest BCUT2D eigenvalue weighted by Gasteiger charge is -2.20. The Balaban J connectivity index is 1.33. The maximum atomic E-state index is 12.4. The van der Waals surface area contributed by atoms with Gasteiger partial charge in [0.2, 0.25) is 0 Å². The minimum Gasteiger partial charge on any atom is -0.371 e. The van der Waals surface area contributed by atoms with E-state index in [1.807, 2.05) is 12.1 Å². The first-order valence-electron chi connectivity index (χ1n) is 9.72. The highest BCUT2D eigenvalue weighted by molar-refractivity contribution is 5.84. The number of nitrogens with zero attached hydrogens (tertiary/aromatic N) is 2. The van der Waals surface area contributed by atoms with Gasteiger partial charge in [0.05, 0.1) is 6.04 Å². The van der Waals surface area contributed by atoms with Crippen molar-refractivity contribution in [3.8, 4) is 0 Å². The summed E-state index contributed by atoms with van der Waals surface area (Å²) in [4.78, 5) is 16.5. The summed E-state index contributed by atoms with van der Waals surface area (Å²) in [6.45, 7) is 3.33. The van der Waals surface area contributed by atoms with Crippen LogP contribution in [-0.2, 0) is 18.2 Å². The Bertz CT molecular complexity index is 967. The van der Waals surface area contributed by atoms with E-state index in [-0.39, 0.29) is 18.2 Å². The van der Waals surface area contributed by atoms with Crippen molar-refractivity contribution >= 4 is 16.9 Å². The maximum absolute atomic E-state index is 12.4. The van der Waals surface area contributed by atoms with Gasteiger partial charge >= 0.3 is 6.03 Å². The van der Waals surface area contributed by atoms with Crippen molar-refractivity contribution in [2.75, 3.05) is 13.2 Å². The number of carbonyl (C=O) groups excluding carboxylic acids is 1. The lowest BCUT2D eigenvalue weighted by atomic mass is 10.0. The molecule has 0 bridgehead atoms. The van der Waals surface area contributed by atoms with Gasteiger partial charge in [-0.1, -0.05) is 18.2 Å². The fourth-order valence-electron chi connectivity index (χ4n) is 3.92. The third kappa shape index (κ3) is 3.87.